The minimum Gasteiger partial charge on any atom is -0.491 e. The van der Waals surface area contributed by atoms with Crippen molar-refractivity contribution in [3.8, 4) is 5.75 Å². The highest BCUT2D eigenvalue weighted by atomic mass is 19.1. The fourth-order valence-corrected chi connectivity index (χ4v) is 3.28. The third-order valence-electron chi connectivity index (χ3n) is 5.18. The summed E-state index contributed by atoms with van der Waals surface area (Å²) in [5, 5.41) is 13.5. The number of piperidine rings is 1. The van der Waals surface area contributed by atoms with Crippen LogP contribution in [0.15, 0.2) is 18.2 Å². The Hall–Kier alpha value is -2.35. The molecule has 7 nitrogen and oxygen atoms in total. The van der Waals surface area contributed by atoms with Crippen molar-refractivity contribution in [2.24, 2.45) is 5.92 Å². The van der Waals surface area contributed by atoms with E-state index in [0.717, 1.165) is 12.8 Å². The first-order chi connectivity index (χ1) is 13.3. The molecule has 2 N–H and O–H groups in total. The minimum atomic E-state index is -1.26. The summed E-state index contributed by atoms with van der Waals surface area (Å²) >= 11 is 0. The Morgan fingerprint density at radius 2 is 2.14 bits per heavy atom. The summed E-state index contributed by atoms with van der Waals surface area (Å²) in [7, 11) is 3.26. The molecule has 0 aromatic heterocycles. The van der Waals surface area contributed by atoms with Crippen LogP contribution in [-0.2, 0) is 4.79 Å². The molecule has 1 saturated heterocycles. The summed E-state index contributed by atoms with van der Waals surface area (Å²) in [6.07, 6.45) is 3.24. The summed E-state index contributed by atoms with van der Waals surface area (Å²) in [6.45, 7) is 1.05. The Balaban J connectivity index is 1.65. The molecule has 1 saturated carbocycles. The number of urea groups is 1. The Kier molecular flexibility index (Phi) is 6.07. The van der Waals surface area contributed by atoms with Crippen LogP contribution in [0.1, 0.15) is 32.1 Å². The molecule has 1 aromatic rings. The van der Waals surface area contributed by atoms with E-state index in [1.54, 1.807) is 14.1 Å². The Morgan fingerprint density at radius 3 is 2.82 bits per heavy atom. The van der Waals surface area contributed by atoms with Crippen molar-refractivity contribution in [3.05, 3.63) is 24.0 Å². The van der Waals surface area contributed by atoms with Gasteiger partial charge in [0, 0.05) is 26.7 Å². The summed E-state index contributed by atoms with van der Waals surface area (Å²) in [5.74, 6) is 0.295. The van der Waals surface area contributed by atoms with Gasteiger partial charge in [-0.2, -0.15) is 0 Å². The molecule has 0 bridgehead atoms. The van der Waals surface area contributed by atoms with E-state index < -0.39 is 17.4 Å². The highest BCUT2D eigenvalue weighted by Crippen LogP contribution is 2.32. The normalized spacial score (nSPS) is 21.9. The summed E-state index contributed by atoms with van der Waals surface area (Å²) in [5.41, 5.74) is -0.992. The molecule has 2 aliphatic rings. The van der Waals surface area contributed by atoms with Crippen LogP contribution < -0.4 is 10.1 Å². The van der Waals surface area contributed by atoms with E-state index in [9.17, 15) is 19.1 Å². The smallest absolute Gasteiger partial charge is 0.322 e. The molecule has 1 aromatic carbocycles. The summed E-state index contributed by atoms with van der Waals surface area (Å²) in [6, 6.07) is 3.59. The fraction of sp³-hybridized carbons (Fsp3) is 0.600. The quantitative estimate of drug-likeness (QED) is 0.778. The van der Waals surface area contributed by atoms with Crippen molar-refractivity contribution in [3.63, 3.8) is 0 Å². The van der Waals surface area contributed by atoms with Gasteiger partial charge < -0.3 is 25.0 Å². The summed E-state index contributed by atoms with van der Waals surface area (Å²) < 4.78 is 19.4. The second kappa shape index (κ2) is 8.34. The van der Waals surface area contributed by atoms with E-state index in [4.69, 9.17) is 4.74 Å². The van der Waals surface area contributed by atoms with Crippen LogP contribution in [0.2, 0.25) is 0 Å². The van der Waals surface area contributed by atoms with Crippen molar-refractivity contribution in [1.29, 1.82) is 0 Å². The van der Waals surface area contributed by atoms with Gasteiger partial charge >= 0.3 is 6.03 Å². The molecule has 154 valence electrons. The van der Waals surface area contributed by atoms with Crippen LogP contribution in [0.25, 0.3) is 0 Å². The maximum absolute atomic E-state index is 13.7. The van der Waals surface area contributed by atoms with Crippen LogP contribution in [-0.4, -0.2) is 66.2 Å². The topological polar surface area (TPSA) is 82.1 Å². The van der Waals surface area contributed by atoms with Gasteiger partial charge in [0.15, 0.2) is 0 Å². The van der Waals surface area contributed by atoms with Crippen molar-refractivity contribution in [1.82, 2.24) is 9.80 Å². The molecule has 1 heterocycles. The number of carbonyl (C=O) groups is 2. The number of nitrogens with one attached hydrogen (secondary N) is 1. The fourth-order valence-electron chi connectivity index (χ4n) is 3.28. The van der Waals surface area contributed by atoms with Gasteiger partial charge in [-0.05, 0) is 43.7 Å². The number of nitrogens with zero attached hydrogens (tertiary/aromatic N) is 2. The average molecular weight is 393 g/mol. The molecule has 1 atom stereocenters. The number of halogens is 1. The number of ether oxygens (including phenoxy) is 1. The van der Waals surface area contributed by atoms with E-state index in [0.29, 0.717) is 37.7 Å². The number of aliphatic hydroxyl groups is 1. The average Bonchev–Trinajstić information content (AvgIpc) is 3.45. The largest absolute Gasteiger partial charge is 0.491 e. The molecule has 8 heteroatoms. The van der Waals surface area contributed by atoms with Crippen LogP contribution in [0.3, 0.4) is 0 Å². The lowest BCUT2D eigenvalue weighted by Gasteiger charge is -2.39. The maximum atomic E-state index is 13.7. The van der Waals surface area contributed by atoms with Crippen LogP contribution in [0, 0.1) is 11.7 Å². The zero-order valence-corrected chi connectivity index (χ0v) is 16.4. The molecule has 0 spiro atoms. The first-order valence-electron chi connectivity index (χ1n) is 9.66. The molecule has 0 radical (unpaired) electrons. The van der Waals surface area contributed by atoms with Gasteiger partial charge in [0.25, 0.3) is 0 Å². The van der Waals surface area contributed by atoms with Crippen molar-refractivity contribution < 1.29 is 23.8 Å². The van der Waals surface area contributed by atoms with Gasteiger partial charge in [0.2, 0.25) is 5.91 Å². The predicted molar refractivity (Wildman–Crippen MR) is 103 cm³/mol. The highest BCUT2D eigenvalue weighted by Gasteiger charge is 2.37. The zero-order chi connectivity index (χ0) is 20.3. The van der Waals surface area contributed by atoms with Crippen LogP contribution in [0.5, 0.6) is 5.75 Å². The molecular weight excluding hydrogens is 365 g/mol. The second-order valence-corrected chi connectivity index (χ2v) is 8.04. The Morgan fingerprint density at radius 1 is 1.39 bits per heavy atom. The molecule has 3 amide bonds. The molecule has 3 rings (SSSR count). The van der Waals surface area contributed by atoms with Gasteiger partial charge in [0.1, 0.15) is 11.6 Å². The molecule has 1 unspecified atom stereocenters. The van der Waals surface area contributed by atoms with Gasteiger partial charge in [-0.1, -0.05) is 0 Å². The molecule has 1 aliphatic heterocycles. The van der Waals surface area contributed by atoms with Crippen LogP contribution in [0.4, 0.5) is 14.9 Å². The molecule has 1 aliphatic carbocycles. The van der Waals surface area contributed by atoms with Gasteiger partial charge in [-0.25, -0.2) is 9.18 Å². The number of benzene rings is 1. The van der Waals surface area contributed by atoms with Crippen LogP contribution >= 0.6 is 0 Å². The third kappa shape index (κ3) is 5.34. The third-order valence-corrected chi connectivity index (χ3v) is 5.18. The standard InChI is InChI=1S/C20H28FN3O4/c1-23(2)18(25)11-20(27)8-3-9-24(13-20)19(26)22-16-10-15(21)6-7-17(16)28-12-14-4-5-14/h6-7,10,14,27H,3-5,8-9,11-13H2,1-2H3,(H,22,26). The van der Waals surface area contributed by atoms with Gasteiger partial charge in [-0.3, -0.25) is 4.79 Å². The number of hydrogen-bond acceptors (Lipinski definition) is 4. The zero-order valence-electron chi connectivity index (χ0n) is 16.4. The number of rotatable bonds is 6. The lowest BCUT2D eigenvalue weighted by atomic mass is 9.89. The van der Waals surface area contributed by atoms with E-state index in [-0.39, 0.29) is 24.6 Å². The Labute approximate surface area is 164 Å². The SMILES string of the molecule is CN(C)C(=O)CC1(O)CCCN(C(=O)Nc2cc(F)ccc2OCC2CC2)C1. The monoisotopic (exact) mass is 393 g/mol. The van der Waals surface area contributed by atoms with Gasteiger partial charge in [0.05, 0.1) is 30.9 Å². The van der Waals surface area contributed by atoms with E-state index >= 15 is 0 Å². The van der Waals surface area contributed by atoms with E-state index in [1.807, 2.05) is 0 Å². The van der Waals surface area contributed by atoms with E-state index in [2.05, 4.69) is 5.32 Å². The number of likely N-dealkylation sites (tertiary alicyclic amines) is 1. The highest BCUT2D eigenvalue weighted by molar-refractivity contribution is 5.91. The second-order valence-electron chi connectivity index (χ2n) is 8.04. The summed E-state index contributed by atoms with van der Waals surface area (Å²) in [4.78, 5) is 27.6. The number of hydrogen-bond donors (Lipinski definition) is 2. The first-order valence-corrected chi connectivity index (χ1v) is 9.66. The van der Waals surface area contributed by atoms with Crippen molar-refractivity contribution in [2.45, 2.75) is 37.7 Å². The number of carbonyl (C=O) groups excluding carboxylic acids is 2. The van der Waals surface area contributed by atoms with Gasteiger partial charge in [-0.15, -0.1) is 0 Å². The Bertz CT molecular complexity index is 738. The first kappa shape index (κ1) is 20.4. The van der Waals surface area contributed by atoms with Crippen molar-refractivity contribution >= 4 is 17.6 Å². The molecule has 28 heavy (non-hydrogen) atoms. The number of amides is 3. The molecule has 2 fully saturated rings. The van der Waals surface area contributed by atoms with Crippen molar-refractivity contribution in [2.75, 3.05) is 39.1 Å². The lowest BCUT2D eigenvalue weighted by Crippen LogP contribution is -2.53. The predicted octanol–water partition coefficient (Wildman–Crippen LogP) is 2.45. The maximum Gasteiger partial charge on any atom is 0.322 e. The number of β-amino-alcohol motifs (C(OH)–C–C–N with tert-alkyl or cyclic N) is 1. The number of anilines is 1. The molecular formula is C20H28FN3O4. The lowest BCUT2D eigenvalue weighted by molar-refractivity contribution is -0.135. The minimum absolute atomic E-state index is 0.0422. The van der Waals surface area contributed by atoms with E-state index in [1.165, 1.54) is 28.0 Å².